The number of aliphatic hydroxyl groups excluding tert-OH is 2. The van der Waals surface area contributed by atoms with Crippen molar-refractivity contribution in [1.29, 1.82) is 0 Å². The molecule has 0 fully saturated rings. The van der Waals surface area contributed by atoms with Gasteiger partial charge in [-0.2, -0.15) is 0 Å². The van der Waals surface area contributed by atoms with E-state index < -0.39 is 19.9 Å². The van der Waals surface area contributed by atoms with Crippen LogP contribution < -0.4 is 122 Å². The predicted molar refractivity (Wildman–Crippen MR) is 117 cm³/mol. The van der Waals surface area contributed by atoms with E-state index >= 15 is 0 Å². The van der Waals surface area contributed by atoms with Crippen LogP contribution in [0.15, 0.2) is 48.5 Å². The molecule has 0 heterocycles. The maximum Gasteiger partial charge on any atom is 1.00 e. The van der Waals surface area contributed by atoms with Crippen LogP contribution in [0.2, 0.25) is 0 Å². The first-order chi connectivity index (χ1) is 17.7. The van der Waals surface area contributed by atoms with E-state index in [1.807, 2.05) is 0 Å². The third kappa shape index (κ3) is 38.3. The van der Waals surface area contributed by atoms with Gasteiger partial charge in [-0.25, -0.2) is 0 Å². The Labute approximate surface area is 315 Å². The first kappa shape index (κ1) is 46.2. The number of carbonyl (C=O) groups excluding carboxylic acids is 1. The van der Waals surface area contributed by atoms with Crippen molar-refractivity contribution in [2.75, 3.05) is 32.3 Å². The molecule has 0 aliphatic heterocycles. The van der Waals surface area contributed by atoms with Gasteiger partial charge in [-0.05, 0) is 48.5 Å². The van der Waals surface area contributed by atoms with Gasteiger partial charge in [0.2, 0.25) is 0 Å². The van der Waals surface area contributed by atoms with E-state index in [0.717, 1.165) is 36.4 Å². The maximum atomic E-state index is 11.8. The van der Waals surface area contributed by atoms with Crippen molar-refractivity contribution < 1.29 is 181 Å². The number of hydrogen-bond donors (Lipinski definition) is 3. The number of phenolic OH excluding ortho intramolecular Hbond substituents is 1. The SMILES string of the molecule is O=CO[O-].OCCBr.OCCOc1ccc(OC(F)(F)F)cc1.Oc1ccc(OC(F)(F)F)cc1.[2H]CF.[H-].[K+].[K+]. The molecule has 0 saturated heterocycles. The van der Waals surface area contributed by atoms with Crippen LogP contribution >= 0.6 is 15.9 Å². The van der Waals surface area contributed by atoms with Gasteiger partial charge in [-0.1, -0.05) is 15.9 Å². The Morgan fingerprint density at radius 2 is 1.21 bits per heavy atom. The van der Waals surface area contributed by atoms with E-state index in [0.29, 0.717) is 11.1 Å². The molecule has 0 unspecified atom stereocenters. The molecule has 2 aromatic carbocycles. The molecule has 0 aliphatic carbocycles. The molecule has 2 aromatic rings. The van der Waals surface area contributed by atoms with Crippen LogP contribution in [0.3, 0.4) is 0 Å². The number of ether oxygens (including phenoxy) is 3. The zero-order chi connectivity index (χ0) is 30.0. The van der Waals surface area contributed by atoms with Crippen molar-refractivity contribution in [2.45, 2.75) is 12.7 Å². The topological polar surface area (TPSA) is 138 Å². The summed E-state index contributed by atoms with van der Waals surface area (Å²) in [6, 6.07) is 9.22. The molecule has 0 amide bonds. The number of alkyl halides is 8. The number of phenols is 1. The molecule has 0 bridgehead atoms. The minimum Gasteiger partial charge on any atom is -1.00 e. The van der Waals surface area contributed by atoms with Crippen molar-refractivity contribution in [1.82, 2.24) is 0 Å². The quantitative estimate of drug-likeness (QED) is 0.0732. The second-order valence-corrected chi connectivity index (χ2v) is 6.03. The van der Waals surface area contributed by atoms with Gasteiger partial charge in [0.1, 0.15) is 29.6 Å². The Hall–Kier alpha value is 0.253. The van der Waals surface area contributed by atoms with Crippen LogP contribution in [0.4, 0.5) is 30.7 Å². The third-order valence-electron chi connectivity index (χ3n) is 2.61. The van der Waals surface area contributed by atoms with Crippen molar-refractivity contribution in [3.8, 4) is 23.0 Å². The zero-order valence-electron chi connectivity index (χ0n) is 22.5. The molecule has 216 valence electrons. The molecule has 3 N–H and O–H groups in total. The molecule has 0 saturated carbocycles. The van der Waals surface area contributed by atoms with Crippen molar-refractivity contribution in [3.05, 3.63) is 48.5 Å². The summed E-state index contributed by atoms with van der Waals surface area (Å²) in [4.78, 5) is 11.2. The van der Waals surface area contributed by atoms with Gasteiger partial charge in [0, 0.05) is 5.33 Å². The average Bonchev–Trinajstić information content (AvgIpc) is 2.84. The Bertz CT molecular complexity index is 812. The second kappa shape index (κ2) is 31.2. The van der Waals surface area contributed by atoms with E-state index in [9.17, 15) is 30.7 Å². The van der Waals surface area contributed by atoms with Gasteiger partial charge in [-0.15, -0.1) is 26.3 Å². The molecule has 39 heavy (non-hydrogen) atoms. The van der Waals surface area contributed by atoms with Crippen molar-refractivity contribution in [2.24, 2.45) is 0 Å². The summed E-state index contributed by atoms with van der Waals surface area (Å²) in [5.74, 6) is -0.387. The minimum atomic E-state index is -4.69. The number of hydrogen-bond acceptors (Lipinski definition) is 9. The fraction of sp³-hybridized carbons (Fsp3) is 0.350. The molecule has 19 heteroatoms. The van der Waals surface area contributed by atoms with Crippen LogP contribution in [0.1, 0.15) is 2.80 Å². The molecule has 0 atom stereocenters. The number of halogens is 8. The van der Waals surface area contributed by atoms with Crippen molar-refractivity contribution >= 4 is 22.4 Å². The Kier molecular flexibility index (Phi) is 37.0. The van der Waals surface area contributed by atoms with Gasteiger partial charge >= 0.3 is 115 Å². The largest absolute Gasteiger partial charge is 1.00 e. The van der Waals surface area contributed by atoms with Crippen LogP contribution in [0, 0.1) is 0 Å². The Balaban J connectivity index is -0.000000105. The van der Waals surface area contributed by atoms with Gasteiger partial charge in [0.05, 0.1) is 21.7 Å². The van der Waals surface area contributed by atoms with Crippen molar-refractivity contribution in [3.63, 3.8) is 0 Å². The first-order valence-corrected chi connectivity index (χ1v) is 10.2. The summed E-state index contributed by atoms with van der Waals surface area (Å²) in [5, 5.41) is 34.1. The monoisotopic (exact) mass is 699 g/mol. The summed E-state index contributed by atoms with van der Waals surface area (Å²) >= 11 is 3.00. The summed E-state index contributed by atoms with van der Waals surface area (Å²) in [5.41, 5.74) is 0. The van der Waals surface area contributed by atoms with Gasteiger partial charge < -0.3 is 41.1 Å². The van der Waals surface area contributed by atoms with Crippen LogP contribution in [-0.4, -0.2) is 66.8 Å². The molecule has 9 nitrogen and oxygen atoms in total. The molecule has 0 radical (unpaired) electrons. The smallest absolute Gasteiger partial charge is 1.00 e. The summed E-state index contributed by atoms with van der Waals surface area (Å²) in [6.45, 7) is 0.000275. The zero-order valence-corrected chi connectivity index (χ0v) is 28.4. The van der Waals surface area contributed by atoms with Crippen LogP contribution in [-0.2, 0) is 9.68 Å². The number of carbonyl (C=O) groups is 1. The van der Waals surface area contributed by atoms with Gasteiger partial charge in [0.25, 0.3) is 6.47 Å². The van der Waals surface area contributed by atoms with Gasteiger partial charge in [-0.3, -0.25) is 9.18 Å². The summed E-state index contributed by atoms with van der Waals surface area (Å²) in [6.07, 6.45) is -9.37. The number of benzene rings is 2. The van der Waals surface area contributed by atoms with E-state index in [1.54, 1.807) is 0 Å². The summed E-state index contributed by atoms with van der Waals surface area (Å²) in [7, 11) is -1.00. The molecule has 2 rings (SSSR count). The second-order valence-electron chi connectivity index (χ2n) is 5.24. The van der Waals surface area contributed by atoms with E-state index in [2.05, 4.69) is 30.3 Å². The van der Waals surface area contributed by atoms with E-state index in [-0.39, 0.29) is 148 Å². The normalized spacial score (nSPS) is 9.56. The standard InChI is InChI=1S/C9H9F3O3.C7H5F3O2.C2H5BrO.CH3F.CH2O3.2K.H/c10-9(11,12)15-8-3-1-7(2-4-8)14-6-5-13;8-7(9,10)12-6-3-1-5(11)2-4-6;3-1-2-4;1-2;2-1-4-3;;;/h1-4,13H,5-6H2;1-4,11H;4H,1-2H2;1H3;1,3H;;;/q;;;;;2*+1;-1/p-1/i;;;1D;;;;. The molecule has 0 aromatic heterocycles. The fourth-order valence-electron chi connectivity index (χ4n) is 1.55. The Morgan fingerprint density at radius 1 is 0.897 bits per heavy atom. The Morgan fingerprint density at radius 3 is 1.46 bits per heavy atom. The van der Waals surface area contributed by atoms with Crippen LogP contribution in [0.25, 0.3) is 0 Å². The maximum absolute atomic E-state index is 11.8. The number of aliphatic hydroxyl groups is 2. The predicted octanol–water partition coefficient (Wildman–Crippen LogP) is -2.24. The van der Waals surface area contributed by atoms with E-state index in [1.165, 1.54) is 12.1 Å². The van der Waals surface area contributed by atoms with Gasteiger partial charge in [0.15, 0.2) is 0 Å². The molecular weight excluding hydrogens is 675 g/mol. The number of rotatable bonds is 7. The third-order valence-corrected chi connectivity index (χ3v) is 2.97. The fourth-order valence-corrected chi connectivity index (χ4v) is 1.55. The summed E-state index contributed by atoms with van der Waals surface area (Å²) < 4.78 is 97.6. The molecule has 0 aliphatic rings. The van der Waals surface area contributed by atoms with Crippen LogP contribution in [0.5, 0.6) is 23.0 Å². The molecular formula is C20H24BrF7K2O9. The first-order valence-electron chi connectivity index (χ1n) is 9.82. The molecule has 0 spiro atoms. The van der Waals surface area contributed by atoms with E-state index in [4.69, 9.17) is 31.5 Å². The average molecular weight is 700 g/mol. The number of aromatic hydroxyl groups is 1. The minimum absolute atomic E-state index is 0.